The lowest BCUT2D eigenvalue weighted by Gasteiger charge is -2.18. The van der Waals surface area contributed by atoms with Crippen molar-refractivity contribution in [2.24, 2.45) is 0 Å². The number of nitrogens with zero attached hydrogens (tertiary/aromatic N) is 2. The summed E-state index contributed by atoms with van der Waals surface area (Å²) in [5, 5.41) is 9.64. The zero-order chi connectivity index (χ0) is 40.7. The molecule has 0 saturated carbocycles. The fourth-order valence-electron chi connectivity index (χ4n) is 9.66. The van der Waals surface area contributed by atoms with Crippen LogP contribution in [0, 0.1) is 0 Å². The minimum atomic E-state index is 0.851. The third kappa shape index (κ3) is 5.47. The molecule has 0 N–H and O–H groups in total. The standard InChI is InChI=1S/C58H34N2S2/c1-3-14-35(15-4-1)37-28-30-39-40-31-29-38(36-16-5-2-6-17-36)33-50(40)56-55(49(39)32-37)59-34-51(60-56)54-43(47-24-12-22-45-41-18-7-9-26-52(41)61-57(45)47)20-11-21-44(54)48-25-13-23-46-42-19-8-10-27-53(42)62-58(46)48/h1-34H. The summed E-state index contributed by atoms with van der Waals surface area (Å²) in [4.78, 5) is 11.3. The molecule has 0 bridgehead atoms. The van der Waals surface area contributed by atoms with Crippen molar-refractivity contribution in [1.29, 1.82) is 0 Å². The van der Waals surface area contributed by atoms with E-state index in [0.717, 1.165) is 60.7 Å². The lowest BCUT2D eigenvalue weighted by atomic mass is 9.88. The van der Waals surface area contributed by atoms with Crippen LogP contribution in [0.25, 0.3) is 129 Å². The summed E-state index contributed by atoms with van der Waals surface area (Å²) < 4.78 is 5.13. The molecule has 0 unspecified atom stereocenters. The smallest absolute Gasteiger partial charge is 0.0979 e. The Morgan fingerprint density at radius 2 is 0.758 bits per heavy atom. The molecule has 0 amide bonds. The molecule has 3 heterocycles. The zero-order valence-corrected chi connectivity index (χ0v) is 35.0. The van der Waals surface area contributed by atoms with Crippen LogP contribution in [0.15, 0.2) is 206 Å². The number of thiophene rings is 2. The maximum atomic E-state index is 5.82. The van der Waals surface area contributed by atoms with Crippen molar-refractivity contribution in [3.63, 3.8) is 0 Å². The third-order valence-corrected chi connectivity index (χ3v) is 15.0. The molecule has 0 fully saturated rings. The van der Waals surface area contributed by atoms with E-state index in [1.54, 1.807) is 0 Å². The lowest BCUT2D eigenvalue weighted by molar-refractivity contribution is 1.31. The van der Waals surface area contributed by atoms with Gasteiger partial charge < -0.3 is 0 Å². The van der Waals surface area contributed by atoms with Gasteiger partial charge in [0.1, 0.15) is 0 Å². The van der Waals surface area contributed by atoms with Gasteiger partial charge in [-0.3, -0.25) is 4.98 Å². The highest BCUT2D eigenvalue weighted by molar-refractivity contribution is 7.26. The molecule has 288 valence electrons. The molecule has 0 spiro atoms. The summed E-state index contributed by atoms with van der Waals surface area (Å²) in [7, 11) is 0. The van der Waals surface area contributed by atoms with Gasteiger partial charge in [-0.2, -0.15) is 0 Å². The van der Waals surface area contributed by atoms with E-state index < -0.39 is 0 Å². The van der Waals surface area contributed by atoms with Crippen LogP contribution in [0.3, 0.4) is 0 Å². The average Bonchev–Trinajstić information content (AvgIpc) is 3.93. The Morgan fingerprint density at radius 3 is 1.31 bits per heavy atom. The second kappa shape index (κ2) is 14.0. The summed E-state index contributed by atoms with van der Waals surface area (Å²) in [6.07, 6.45) is 2.03. The molecule has 2 nitrogen and oxygen atoms in total. The molecule has 0 aliphatic carbocycles. The van der Waals surface area contributed by atoms with Crippen molar-refractivity contribution in [1.82, 2.24) is 9.97 Å². The first-order valence-corrected chi connectivity index (χ1v) is 22.6. The van der Waals surface area contributed by atoms with Crippen LogP contribution in [0.1, 0.15) is 0 Å². The van der Waals surface area contributed by atoms with Crippen molar-refractivity contribution in [2.75, 3.05) is 0 Å². The van der Waals surface area contributed by atoms with E-state index in [0.29, 0.717) is 0 Å². The number of fused-ring (bicyclic) bond motifs is 12. The highest BCUT2D eigenvalue weighted by Crippen LogP contribution is 2.49. The van der Waals surface area contributed by atoms with Crippen LogP contribution >= 0.6 is 22.7 Å². The Kier molecular flexibility index (Phi) is 7.99. The van der Waals surface area contributed by atoms with E-state index in [9.17, 15) is 0 Å². The quantitative estimate of drug-likeness (QED) is 0.162. The highest BCUT2D eigenvalue weighted by Gasteiger charge is 2.23. The largest absolute Gasteiger partial charge is 0.252 e. The Balaban J connectivity index is 1.14. The van der Waals surface area contributed by atoms with E-state index in [1.165, 1.54) is 68.0 Å². The van der Waals surface area contributed by atoms with Crippen molar-refractivity contribution < 1.29 is 0 Å². The van der Waals surface area contributed by atoms with Crippen LogP contribution in [0.4, 0.5) is 0 Å². The molecular formula is C58H34N2S2. The molecule has 0 atom stereocenters. The number of hydrogen-bond acceptors (Lipinski definition) is 4. The number of benzene rings is 10. The Bertz CT molecular complexity index is 3790. The summed E-state index contributed by atoms with van der Waals surface area (Å²) in [5.41, 5.74) is 13.1. The monoisotopic (exact) mass is 822 g/mol. The van der Waals surface area contributed by atoms with Gasteiger partial charge in [-0.05, 0) is 68.4 Å². The van der Waals surface area contributed by atoms with Gasteiger partial charge in [0.15, 0.2) is 0 Å². The highest BCUT2D eigenvalue weighted by atomic mass is 32.1. The molecule has 0 aliphatic rings. The van der Waals surface area contributed by atoms with Crippen LogP contribution in [-0.2, 0) is 0 Å². The van der Waals surface area contributed by atoms with Gasteiger partial charge >= 0.3 is 0 Å². The molecule has 0 saturated heterocycles. The molecule has 13 aromatic rings. The number of aromatic nitrogens is 2. The van der Waals surface area contributed by atoms with Gasteiger partial charge in [0.2, 0.25) is 0 Å². The Labute approximate surface area is 365 Å². The lowest BCUT2D eigenvalue weighted by Crippen LogP contribution is -1.97. The SMILES string of the molecule is c1ccc(-c2ccc3c4ccc(-c5ccccc5)cc4c4nc(-c5c(-c6cccc7c6sc6ccccc67)cccc5-c5cccc6c5sc5ccccc56)cnc4c3c2)cc1. The van der Waals surface area contributed by atoms with Crippen molar-refractivity contribution in [3.8, 4) is 55.8 Å². The van der Waals surface area contributed by atoms with Crippen LogP contribution in [0.5, 0.6) is 0 Å². The van der Waals surface area contributed by atoms with E-state index >= 15 is 0 Å². The van der Waals surface area contributed by atoms with Crippen molar-refractivity contribution >= 4 is 95.6 Å². The third-order valence-electron chi connectivity index (χ3n) is 12.5. The maximum Gasteiger partial charge on any atom is 0.0979 e. The van der Waals surface area contributed by atoms with Gasteiger partial charge in [-0.1, -0.05) is 176 Å². The Hall–Kier alpha value is -7.50. The summed E-state index contributed by atoms with van der Waals surface area (Å²) in [6, 6.07) is 72.7. The van der Waals surface area contributed by atoms with Crippen LogP contribution in [-0.4, -0.2) is 9.97 Å². The van der Waals surface area contributed by atoms with Gasteiger partial charge in [-0.25, -0.2) is 4.98 Å². The summed E-state index contributed by atoms with van der Waals surface area (Å²) in [6.45, 7) is 0. The van der Waals surface area contributed by atoms with E-state index in [2.05, 4.69) is 200 Å². The predicted molar refractivity (Wildman–Crippen MR) is 268 cm³/mol. The summed E-state index contributed by atoms with van der Waals surface area (Å²) in [5.74, 6) is 0. The average molecular weight is 823 g/mol. The first-order valence-electron chi connectivity index (χ1n) is 21.0. The van der Waals surface area contributed by atoms with Crippen molar-refractivity contribution in [3.05, 3.63) is 206 Å². The van der Waals surface area contributed by atoms with Gasteiger partial charge in [0.25, 0.3) is 0 Å². The van der Waals surface area contributed by atoms with E-state index in [-0.39, 0.29) is 0 Å². The van der Waals surface area contributed by atoms with Gasteiger partial charge in [0.05, 0.1) is 22.9 Å². The minimum absolute atomic E-state index is 0.851. The molecule has 10 aromatic carbocycles. The van der Waals surface area contributed by atoms with Crippen LogP contribution < -0.4 is 0 Å². The topological polar surface area (TPSA) is 25.8 Å². The Morgan fingerprint density at radius 1 is 0.306 bits per heavy atom. The predicted octanol–water partition coefficient (Wildman–Crippen LogP) is 17.0. The number of hydrogen-bond donors (Lipinski definition) is 0. The molecule has 4 heteroatoms. The minimum Gasteiger partial charge on any atom is -0.252 e. The van der Waals surface area contributed by atoms with Crippen LogP contribution in [0.2, 0.25) is 0 Å². The second-order valence-electron chi connectivity index (χ2n) is 16.0. The van der Waals surface area contributed by atoms with Gasteiger partial charge in [0, 0.05) is 67.8 Å². The first-order chi connectivity index (χ1) is 30.7. The molecular weight excluding hydrogens is 789 g/mol. The molecule has 62 heavy (non-hydrogen) atoms. The zero-order valence-electron chi connectivity index (χ0n) is 33.3. The fourth-order valence-corrected chi connectivity index (χ4v) is 12.1. The van der Waals surface area contributed by atoms with Gasteiger partial charge in [-0.15, -0.1) is 22.7 Å². The second-order valence-corrected chi connectivity index (χ2v) is 18.1. The molecule has 3 aromatic heterocycles. The van der Waals surface area contributed by atoms with E-state index in [1.807, 2.05) is 28.9 Å². The maximum absolute atomic E-state index is 5.82. The summed E-state index contributed by atoms with van der Waals surface area (Å²) >= 11 is 3.73. The first kappa shape index (κ1) is 35.3. The number of rotatable bonds is 5. The van der Waals surface area contributed by atoms with Crippen molar-refractivity contribution in [2.45, 2.75) is 0 Å². The fraction of sp³-hybridized carbons (Fsp3) is 0. The van der Waals surface area contributed by atoms with E-state index in [4.69, 9.17) is 9.97 Å². The normalized spacial score (nSPS) is 11.9. The molecule has 0 radical (unpaired) electrons. The molecule has 13 rings (SSSR count). The molecule has 0 aliphatic heterocycles.